The largest absolute Gasteiger partial charge is 0.372 e. The van der Waals surface area contributed by atoms with E-state index in [0.717, 1.165) is 49.2 Å². The summed E-state index contributed by atoms with van der Waals surface area (Å²) in [5.41, 5.74) is 1.30. The second-order valence-corrected chi connectivity index (χ2v) is 6.98. The molecule has 3 rings (SSSR count). The van der Waals surface area contributed by atoms with Crippen molar-refractivity contribution in [3.8, 4) is 0 Å². The number of piperazine rings is 1. The zero-order valence-corrected chi connectivity index (χ0v) is 14.0. The molecule has 0 amide bonds. The maximum atomic E-state index is 4.79. The van der Waals surface area contributed by atoms with E-state index in [1.54, 1.807) is 11.3 Å². The first-order valence-electron chi connectivity index (χ1n) is 7.43. The van der Waals surface area contributed by atoms with Gasteiger partial charge in [0.15, 0.2) is 0 Å². The molecule has 1 fully saturated rings. The van der Waals surface area contributed by atoms with Gasteiger partial charge in [0.1, 0.15) is 16.5 Å². The fraction of sp³-hybridized carbons (Fsp3) is 0.600. The Morgan fingerprint density at radius 1 is 1.14 bits per heavy atom. The molecule has 0 spiro atoms. The van der Waals surface area contributed by atoms with Crippen LogP contribution in [0.15, 0.2) is 0 Å². The maximum absolute atomic E-state index is 4.79. The Morgan fingerprint density at radius 2 is 1.86 bits per heavy atom. The number of nitrogens with zero attached hydrogens (tertiary/aromatic N) is 4. The van der Waals surface area contributed by atoms with Crippen LogP contribution in [0.3, 0.4) is 0 Å². The molecule has 0 aromatic carbocycles. The van der Waals surface area contributed by atoms with Gasteiger partial charge in [-0.25, -0.2) is 9.97 Å². The maximum Gasteiger partial charge on any atom is 0.146 e. The summed E-state index contributed by atoms with van der Waals surface area (Å²) in [6, 6.07) is 0. The Hall–Kier alpha value is -1.24. The Morgan fingerprint density at radius 3 is 2.52 bits per heavy atom. The van der Waals surface area contributed by atoms with Gasteiger partial charge in [0.2, 0.25) is 0 Å². The summed E-state index contributed by atoms with van der Waals surface area (Å²) >= 11 is 1.77. The second kappa shape index (κ2) is 5.87. The van der Waals surface area contributed by atoms with Gasteiger partial charge in [0.05, 0.1) is 11.9 Å². The predicted octanol–water partition coefficient (Wildman–Crippen LogP) is 2.10. The molecule has 21 heavy (non-hydrogen) atoms. The van der Waals surface area contributed by atoms with Crippen LogP contribution in [-0.2, 0) is 6.54 Å². The zero-order chi connectivity index (χ0) is 15.0. The van der Waals surface area contributed by atoms with Crippen LogP contribution in [0.5, 0.6) is 0 Å². The summed E-state index contributed by atoms with van der Waals surface area (Å²) in [5, 5.41) is 4.42. The van der Waals surface area contributed by atoms with Crippen molar-refractivity contribution in [3.63, 3.8) is 0 Å². The van der Waals surface area contributed by atoms with Gasteiger partial charge in [-0.05, 0) is 26.5 Å². The average Bonchev–Trinajstić information content (AvgIpc) is 2.76. The molecular formula is C15H23N5S. The highest BCUT2D eigenvalue weighted by Gasteiger charge is 2.18. The van der Waals surface area contributed by atoms with Crippen LogP contribution < -0.4 is 5.32 Å². The van der Waals surface area contributed by atoms with Crippen LogP contribution in [0.4, 0.5) is 5.82 Å². The van der Waals surface area contributed by atoms with Crippen molar-refractivity contribution in [1.82, 2.24) is 19.8 Å². The minimum Gasteiger partial charge on any atom is -0.372 e. The highest BCUT2D eigenvalue weighted by molar-refractivity contribution is 7.18. The Balaban J connectivity index is 1.89. The minimum atomic E-state index is 0.842. The summed E-state index contributed by atoms with van der Waals surface area (Å²) in [7, 11) is 4.12. The van der Waals surface area contributed by atoms with Crippen LogP contribution in [0, 0.1) is 13.8 Å². The standard InChI is InChI=1S/C15H23N5S/c1-10-11(2)21-15-13(10)14(16-3)17-12(18-15)9-20-7-5-19(4)6-8-20/h5-9H2,1-4H3,(H,16,17,18). The van der Waals surface area contributed by atoms with E-state index < -0.39 is 0 Å². The number of hydrogen-bond donors (Lipinski definition) is 1. The summed E-state index contributed by atoms with van der Waals surface area (Å²) in [4.78, 5) is 16.8. The molecule has 114 valence electrons. The average molecular weight is 305 g/mol. The van der Waals surface area contributed by atoms with Gasteiger partial charge in [-0.1, -0.05) is 0 Å². The lowest BCUT2D eigenvalue weighted by Crippen LogP contribution is -2.44. The smallest absolute Gasteiger partial charge is 0.146 e. The van der Waals surface area contributed by atoms with Gasteiger partial charge in [0.25, 0.3) is 0 Å². The van der Waals surface area contributed by atoms with Gasteiger partial charge >= 0.3 is 0 Å². The molecule has 1 aliphatic rings. The van der Waals surface area contributed by atoms with E-state index in [-0.39, 0.29) is 0 Å². The molecule has 0 aliphatic carbocycles. The molecule has 0 saturated carbocycles. The molecule has 0 bridgehead atoms. The van der Waals surface area contributed by atoms with E-state index in [0.29, 0.717) is 0 Å². The Labute approximate surface area is 130 Å². The highest BCUT2D eigenvalue weighted by atomic mass is 32.1. The quantitative estimate of drug-likeness (QED) is 0.941. The lowest BCUT2D eigenvalue weighted by molar-refractivity contribution is 0.145. The lowest BCUT2D eigenvalue weighted by Gasteiger charge is -2.31. The van der Waals surface area contributed by atoms with E-state index in [4.69, 9.17) is 9.97 Å². The Bertz CT molecular complexity index is 643. The van der Waals surface area contributed by atoms with Crippen LogP contribution in [0.2, 0.25) is 0 Å². The highest BCUT2D eigenvalue weighted by Crippen LogP contribution is 2.33. The fourth-order valence-electron chi connectivity index (χ4n) is 2.75. The summed E-state index contributed by atoms with van der Waals surface area (Å²) < 4.78 is 0. The summed E-state index contributed by atoms with van der Waals surface area (Å²) in [6.07, 6.45) is 0. The van der Waals surface area contributed by atoms with E-state index in [1.807, 2.05) is 7.05 Å². The molecule has 1 aliphatic heterocycles. The van der Waals surface area contributed by atoms with Crippen molar-refractivity contribution >= 4 is 27.4 Å². The van der Waals surface area contributed by atoms with Crippen LogP contribution in [-0.4, -0.2) is 60.0 Å². The third-order valence-corrected chi connectivity index (χ3v) is 5.37. The lowest BCUT2D eigenvalue weighted by atomic mass is 10.2. The molecule has 5 nitrogen and oxygen atoms in total. The number of likely N-dealkylation sites (N-methyl/N-ethyl adjacent to an activating group) is 1. The minimum absolute atomic E-state index is 0.842. The van der Waals surface area contributed by atoms with Crippen molar-refractivity contribution in [2.24, 2.45) is 0 Å². The molecule has 0 atom stereocenters. The number of fused-ring (bicyclic) bond motifs is 1. The van der Waals surface area contributed by atoms with Gasteiger partial charge < -0.3 is 10.2 Å². The van der Waals surface area contributed by atoms with Crippen molar-refractivity contribution in [3.05, 3.63) is 16.3 Å². The van der Waals surface area contributed by atoms with Gasteiger partial charge in [0, 0.05) is 38.1 Å². The second-order valence-electron chi connectivity index (χ2n) is 5.78. The first-order chi connectivity index (χ1) is 10.1. The SMILES string of the molecule is CNc1nc(CN2CCN(C)CC2)nc2sc(C)c(C)c12. The third-order valence-electron chi connectivity index (χ3n) is 4.27. The first kappa shape index (κ1) is 14.7. The first-order valence-corrected chi connectivity index (χ1v) is 8.25. The van der Waals surface area contributed by atoms with Crippen molar-refractivity contribution < 1.29 is 0 Å². The number of anilines is 1. The van der Waals surface area contributed by atoms with Crippen LogP contribution >= 0.6 is 11.3 Å². The van der Waals surface area contributed by atoms with Crippen LogP contribution in [0.1, 0.15) is 16.3 Å². The summed E-state index contributed by atoms with van der Waals surface area (Å²) in [6.45, 7) is 9.58. The normalized spacial score (nSPS) is 17.5. The number of thiophene rings is 1. The van der Waals surface area contributed by atoms with Crippen molar-refractivity contribution in [2.45, 2.75) is 20.4 Å². The van der Waals surface area contributed by atoms with Crippen molar-refractivity contribution in [2.75, 3.05) is 45.6 Å². The van der Waals surface area contributed by atoms with E-state index >= 15 is 0 Å². The fourth-order valence-corrected chi connectivity index (χ4v) is 3.80. The molecule has 0 radical (unpaired) electrons. The number of aryl methyl sites for hydroxylation is 2. The van der Waals surface area contributed by atoms with Crippen LogP contribution in [0.25, 0.3) is 10.2 Å². The monoisotopic (exact) mass is 305 g/mol. The van der Waals surface area contributed by atoms with Gasteiger partial charge in [-0.15, -0.1) is 11.3 Å². The Kier molecular flexibility index (Phi) is 4.10. The number of hydrogen-bond acceptors (Lipinski definition) is 6. The topological polar surface area (TPSA) is 44.3 Å². The van der Waals surface area contributed by atoms with Crippen molar-refractivity contribution in [1.29, 1.82) is 0 Å². The molecule has 3 heterocycles. The number of rotatable bonds is 3. The van der Waals surface area contributed by atoms with Gasteiger partial charge in [-0.2, -0.15) is 0 Å². The van der Waals surface area contributed by atoms with E-state index in [2.05, 4.69) is 36.0 Å². The molecule has 2 aromatic heterocycles. The molecule has 0 unspecified atom stereocenters. The molecule has 1 N–H and O–H groups in total. The molecule has 1 saturated heterocycles. The number of aromatic nitrogens is 2. The molecule has 2 aromatic rings. The third kappa shape index (κ3) is 2.88. The van der Waals surface area contributed by atoms with Gasteiger partial charge in [-0.3, -0.25) is 4.90 Å². The number of nitrogens with one attached hydrogen (secondary N) is 1. The van der Waals surface area contributed by atoms with E-state index in [1.165, 1.54) is 15.8 Å². The molecule has 6 heteroatoms. The predicted molar refractivity (Wildman–Crippen MR) is 89.2 cm³/mol. The summed E-state index contributed by atoms with van der Waals surface area (Å²) in [5.74, 6) is 1.89. The van der Waals surface area contributed by atoms with E-state index in [9.17, 15) is 0 Å². The molecular weight excluding hydrogens is 282 g/mol. The zero-order valence-electron chi connectivity index (χ0n) is 13.2.